The quantitative estimate of drug-likeness (QED) is 0.855. The summed E-state index contributed by atoms with van der Waals surface area (Å²) in [5.41, 5.74) is 8.05. The summed E-state index contributed by atoms with van der Waals surface area (Å²) < 4.78 is 0. The van der Waals surface area contributed by atoms with Crippen LogP contribution in [0.3, 0.4) is 0 Å². The van der Waals surface area contributed by atoms with Crippen LogP contribution in [0.2, 0.25) is 5.02 Å². The number of aliphatic hydroxyl groups excluding tert-OH is 1. The van der Waals surface area contributed by atoms with Crippen molar-refractivity contribution in [3.8, 4) is 0 Å². The number of aliphatic hydroxyl groups is 1. The SMILES string of the molecule is CC(C)(C)c1ccc(C(N)CCO)cc1Cl. The smallest absolute Gasteiger partial charge is 0.0449 e. The Morgan fingerprint density at radius 2 is 2.00 bits per heavy atom. The number of rotatable bonds is 3. The van der Waals surface area contributed by atoms with Crippen LogP contribution in [-0.4, -0.2) is 11.7 Å². The van der Waals surface area contributed by atoms with E-state index in [1.807, 2.05) is 18.2 Å². The van der Waals surface area contributed by atoms with Crippen molar-refractivity contribution in [1.29, 1.82) is 0 Å². The van der Waals surface area contributed by atoms with Crippen molar-refractivity contribution in [1.82, 2.24) is 0 Å². The van der Waals surface area contributed by atoms with Crippen LogP contribution in [0.1, 0.15) is 44.4 Å². The number of nitrogens with two attached hydrogens (primary N) is 1. The molecule has 2 nitrogen and oxygen atoms in total. The minimum absolute atomic E-state index is 0.0384. The van der Waals surface area contributed by atoms with Crippen LogP contribution in [0.4, 0.5) is 0 Å². The zero-order valence-electron chi connectivity index (χ0n) is 10.1. The Labute approximate surface area is 102 Å². The fourth-order valence-electron chi connectivity index (χ4n) is 1.68. The first-order valence-corrected chi connectivity index (χ1v) is 5.90. The first-order valence-electron chi connectivity index (χ1n) is 5.52. The molecule has 0 bridgehead atoms. The van der Waals surface area contributed by atoms with Crippen molar-refractivity contribution in [2.75, 3.05) is 6.61 Å². The maximum absolute atomic E-state index is 8.84. The van der Waals surface area contributed by atoms with Crippen LogP contribution in [0.5, 0.6) is 0 Å². The molecule has 1 aromatic carbocycles. The molecule has 0 heterocycles. The van der Waals surface area contributed by atoms with Gasteiger partial charge < -0.3 is 10.8 Å². The Bertz CT molecular complexity index is 357. The summed E-state index contributed by atoms with van der Waals surface area (Å²) in [7, 11) is 0. The number of halogens is 1. The maximum Gasteiger partial charge on any atom is 0.0449 e. The van der Waals surface area contributed by atoms with E-state index in [0.29, 0.717) is 6.42 Å². The predicted molar refractivity (Wildman–Crippen MR) is 68.8 cm³/mol. The molecule has 0 saturated heterocycles. The van der Waals surface area contributed by atoms with Crippen LogP contribution < -0.4 is 5.73 Å². The van der Waals surface area contributed by atoms with Crippen LogP contribution in [0, 0.1) is 0 Å². The lowest BCUT2D eigenvalue weighted by atomic mass is 9.86. The molecule has 1 unspecified atom stereocenters. The van der Waals surface area contributed by atoms with Gasteiger partial charge >= 0.3 is 0 Å². The van der Waals surface area contributed by atoms with Crippen molar-refractivity contribution in [3.63, 3.8) is 0 Å². The van der Waals surface area contributed by atoms with Gasteiger partial charge in [0.05, 0.1) is 0 Å². The van der Waals surface area contributed by atoms with Gasteiger partial charge in [-0.05, 0) is 29.0 Å². The third-order valence-electron chi connectivity index (χ3n) is 2.67. The van der Waals surface area contributed by atoms with Crippen LogP contribution in [0.15, 0.2) is 18.2 Å². The number of hydrogen-bond acceptors (Lipinski definition) is 2. The van der Waals surface area contributed by atoms with E-state index in [0.717, 1.165) is 16.1 Å². The molecule has 0 spiro atoms. The second-order valence-electron chi connectivity index (χ2n) is 5.11. The normalized spacial score (nSPS) is 13.9. The predicted octanol–water partition coefficient (Wildman–Crippen LogP) is 3.02. The summed E-state index contributed by atoms with van der Waals surface area (Å²) >= 11 is 6.24. The molecule has 0 saturated carbocycles. The van der Waals surface area contributed by atoms with Gasteiger partial charge in [0.25, 0.3) is 0 Å². The molecule has 0 aromatic heterocycles. The maximum atomic E-state index is 8.84. The van der Waals surface area contributed by atoms with Gasteiger partial charge in [-0.1, -0.05) is 44.5 Å². The third-order valence-corrected chi connectivity index (χ3v) is 2.98. The molecule has 90 valence electrons. The molecular weight excluding hydrogens is 222 g/mol. The molecule has 0 radical (unpaired) electrons. The van der Waals surface area contributed by atoms with Crippen LogP contribution in [-0.2, 0) is 5.41 Å². The average Bonchev–Trinajstić information content (AvgIpc) is 2.16. The number of hydrogen-bond donors (Lipinski definition) is 2. The summed E-state index contributed by atoms with van der Waals surface area (Å²) in [5, 5.41) is 9.59. The Kier molecular flexibility index (Phi) is 4.36. The molecular formula is C13H20ClNO. The van der Waals surface area contributed by atoms with E-state index in [2.05, 4.69) is 20.8 Å². The monoisotopic (exact) mass is 241 g/mol. The van der Waals surface area contributed by atoms with Gasteiger partial charge in [0, 0.05) is 17.7 Å². The zero-order chi connectivity index (χ0) is 12.3. The van der Waals surface area contributed by atoms with E-state index < -0.39 is 0 Å². The minimum atomic E-state index is -0.142. The lowest BCUT2D eigenvalue weighted by Crippen LogP contribution is -2.15. The van der Waals surface area contributed by atoms with E-state index in [1.54, 1.807) is 0 Å². The van der Waals surface area contributed by atoms with Gasteiger partial charge in [-0.15, -0.1) is 0 Å². The van der Waals surface area contributed by atoms with E-state index in [-0.39, 0.29) is 18.1 Å². The fourth-order valence-corrected chi connectivity index (χ4v) is 2.15. The van der Waals surface area contributed by atoms with E-state index in [9.17, 15) is 0 Å². The number of benzene rings is 1. The standard InChI is InChI=1S/C13H20ClNO/c1-13(2,3)10-5-4-9(8-11(10)14)12(15)6-7-16/h4-5,8,12,16H,6-7,15H2,1-3H3. The van der Waals surface area contributed by atoms with Gasteiger partial charge in [-0.25, -0.2) is 0 Å². The molecule has 3 heteroatoms. The lowest BCUT2D eigenvalue weighted by molar-refractivity contribution is 0.276. The zero-order valence-corrected chi connectivity index (χ0v) is 10.9. The molecule has 0 aliphatic heterocycles. The Hall–Kier alpha value is -0.570. The van der Waals surface area contributed by atoms with E-state index >= 15 is 0 Å². The highest BCUT2D eigenvalue weighted by atomic mass is 35.5. The van der Waals surface area contributed by atoms with Crippen LogP contribution >= 0.6 is 11.6 Å². The van der Waals surface area contributed by atoms with Gasteiger partial charge in [-0.3, -0.25) is 0 Å². The summed E-state index contributed by atoms with van der Waals surface area (Å²) in [6.07, 6.45) is 0.561. The molecule has 0 aliphatic rings. The molecule has 3 N–H and O–H groups in total. The van der Waals surface area contributed by atoms with Crippen molar-refractivity contribution in [2.45, 2.75) is 38.6 Å². The minimum Gasteiger partial charge on any atom is -0.396 e. The second kappa shape index (κ2) is 5.17. The topological polar surface area (TPSA) is 46.2 Å². The lowest BCUT2D eigenvalue weighted by Gasteiger charge is -2.22. The molecule has 0 fully saturated rings. The third kappa shape index (κ3) is 3.21. The van der Waals surface area contributed by atoms with Gasteiger partial charge in [-0.2, -0.15) is 0 Å². The van der Waals surface area contributed by atoms with Crippen molar-refractivity contribution in [2.24, 2.45) is 5.73 Å². The van der Waals surface area contributed by atoms with Crippen molar-refractivity contribution in [3.05, 3.63) is 34.3 Å². The van der Waals surface area contributed by atoms with Crippen molar-refractivity contribution >= 4 is 11.6 Å². The molecule has 16 heavy (non-hydrogen) atoms. The molecule has 1 atom stereocenters. The van der Waals surface area contributed by atoms with E-state index in [1.165, 1.54) is 0 Å². The summed E-state index contributed by atoms with van der Waals surface area (Å²) in [4.78, 5) is 0. The highest BCUT2D eigenvalue weighted by Gasteiger charge is 2.18. The van der Waals surface area contributed by atoms with Gasteiger partial charge in [0.2, 0.25) is 0 Å². The van der Waals surface area contributed by atoms with Crippen LogP contribution in [0.25, 0.3) is 0 Å². The second-order valence-corrected chi connectivity index (χ2v) is 5.52. The summed E-state index contributed by atoms with van der Waals surface area (Å²) in [6, 6.07) is 5.78. The van der Waals surface area contributed by atoms with Crippen molar-refractivity contribution < 1.29 is 5.11 Å². The fraction of sp³-hybridized carbons (Fsp3) is 0.538. The summed E-state index contributed by atoms with van der Waals surface area (Å²) in [6.45, 7) is 6.48. The Morgan fingerprint density at radius 1 is 1.38 bits per heavy atom. The van der Waals surface area contributed by atoms with Gasteiger partial charge in [0.15, 0.2) is 0 Å². The Balaban J connectivity index is 3.00. The highest BCUT2D eigenvalue weighted by Crippen LogP contribution is 2.31. The molecule has 1 rings (SSSR count). The summed E-state index contributed by atoms with van der Waals surface area (Å²) in [5.74, 6) is 0. The Morgan fingerprint density at radius 3 is 2.44 bits per heavy atom. The van der Waals surface area contributed by atoms with Gasteiger partial charge in [0.1, 0.15) is 0 Å². The molecule has 0 amide bonds. The largest absolute Gasteiger partial charge is 0.396 e. The molecule has 0 aliphatic carbocycles. The first kappa shape index (κ1) is 13.5. The molecule has 1 aromatic rings. The average molecular weight is 242 g/mol. The highest BCUT2D eigenvalue weighted by molar-refractivity contribution is 6.31. The van der Waals surface area contributed by atoms with E-state index in [4.69, 9.17) is 22.4 Å². The first-order chi connectivity index (χ1) is 7.36.